The van der Waals surface area contributed by atoms with Gasteiger partial charge in [0, 0.05) is 0 Å². The van der Waals surface area contributed by atoms with E-state index in [0.29, 0.717) is 0 Å². The van der Waals surface area contributed by atoms with Crippen LogP contribution in [0.2, 0.25) is 0 Å². The molecule has 1 heterocycles. The van der Waals surface area contributed by atoms with Crippen molar-refractivity contribution in [3.05, 3.63) is 29.8 Å². The first-order valence-corrected chi connectivity index (χ1v) is 6.09. The fraction of sp³-hybridized carbons (Fsp3) is 0.167. The normalized spacial score (nSPS) is 15.9. The molecule has 2 rings (SSSR count). The Hall–Kier alpha value is -2.48. The lowest BCUT2D eigenvalue weighted by Gasteiger charge is -2.21. The van der Waals surface area contributed by atoms with Crippen molar-refractivity contribution >= 4 is 35.4 Å². The van der Waals surface area contributed by atoms with Gasteiger partial charge in [-0.05, 0) is 42.0 Å². The minimum Gasteiger partial charge on any atom is -0.497 e. The second-order valence-corrected chi connectivity index (χ2v) is 4.31. The van der Waals surface area contributed by atoms with Crippen LogP contribution in [-0.4, -0.2) is 36.3 Å². The molecule has 0 aromatic heterocycles. The number of rotatable bonds is 4. The summed E-state index contributed by atoms with van der Waals surface area (Å²) in [4.78, 5) is 23.1. The van der Waals surface area contributed by atoms with Crippen LogP contribution in [0.4, 0.5) is 0 Å². The number of nitrogens with zero attached hydrogens (tertiary/aromatic N) is 1. The molecule has 0 unspecified atom stereocenters. The maximum absolute atomic E-state index is 11.5. The van der Waals surface area contributed by atoms with Crippen LogP contribution in [0, 0.1) is 0 Å². The van der Waals surface area contributed by atoms with Gasteiger partial charge in [-0.1, -0.05) is 0 Å². The molecule has 20 heavy (non-hydrogen) atoms. The quantitative estimate of drug-likeness (QED) is 0.302. The SMILES string of the molecule is COc1ccc(/C=N/NC2C(=O)NC(=S)NC2=O)cc1. The van der Waals surface area contributed by atoms with Crippen molar-refractivity contribution in [1.29, 1.82) is 0 Å². The van der Waals surface area contributed by atoms with Crippen molar-refractivity contribution in [2.24, 2.45) is 5.10 Å². The second kappa shape index (κ2) is 6.11. The maximum Gasteiger partial charge on any atom is 0.260 e. The Morgan fingerprint density at radius 1 is 1.25 bits per heavy atom. The third-order valence-corrected chi connectivity index (χ3v) is 2.74. The van der Waals surface area contributed by atoms with E-state index in [1.54, 1.807) is 31.4 Å². The average Bonchev–Trinajstić information content (AvgIpc) is 2.42. The van der Waals surface area contributed by atoms with E-state index in [0.717, 1.165) is 11.3 Å². The summed E-state index contributed by atoms with van der Waals surface area (Å²) in [5, 5.41) is 8.53. The average molecular weight is 292 g/mol. The Kier molecular flexibility index (Phi) is 4.26. The largest absolute Gasteiger partial charge is 0.497 e. The maximum atomic E-state index is 11.5. The van der Waals surface area contributed by atoms with Gasteiger partial charge >= 0.3 is 0 Å². The van der Waals surface area contributed by atoms with Crippen LogP contribution >= 0.6 is 12.2 Å². The number of hydrogen-bond donors (Lipinski definition) is 3. The van der Waals surface area contributed by atoms with E-state index in [-0.39, 0.29) is 5.11 Å². The molecule has 7 nitrogen and oxygen atoms in total. The van der Waals surface area contributed by atoms with Crippen LogP contribution in [0.25, 0.3) is 0 Å². The van der Waals surface area contributed by atoms with Crippen LogP contribution in [0.15, 0.2) is 29.4 Å². The zero-order chi connectivity index (χ0) is 14.5. The first-order chi connectivity index (χ1) is 9.60. The highest BCUT2D eigenvalue weighted by atomic mass is 32.1. The summed E-state index contributed by atoms with van der Waals surface area (Å²) >= 11 is 4.68. The molecule has 0 bridgehead atoms. The van der Waals surface area contributed by atoms with E-state index in [1.165, 1.54) is 6.21 Å². The van der Waals surface area contributed by atoms with E-state index in [2.05, 4.69) is 33.4 Å². The molecule has 1 aliphatic rings. The van der Waals surface area contributed by atoms with Crippen LogP contribution in [-0.2, 0) is 9.59 Å². The highest BCUT2D eigenvalue weighted by Crippen LogP contribution is 2.09. The van der Waals surface area contributed by atoms with Crippen molar-refractivity contribution in [2.45, 2.75) is 6.04 Å². The lowest BCUT2D eigenvalue weighted by molar-refractivity contribution is -0.132. The lowest BCUT2D eigenvalue weighted by Crippen LogP contribution is -2.62. The molecule has 104 valence electrons. The number of thiocarbonyl (C=S) groups is 1. The van der Waals surface area contributed by atoms with Gasteiger partial charge in [-0.15, -0.1) is 0 Å². The van der Waals surface area contributed by atoms with E-state index in [4.69, 9.17) is 4.74 Å². The molecule has 0 radical (unpaired) electrons. The molecule has 0 spiro atoms. The number of ether oxygens (including phenoxy) is 1. The monoisotopic (exact) mass is 292 g/mol. The number of carbonyl (C=O) groups is 2. The van der Waals surface area contributed by atoms with Gasteiger partial charge in [-0.25, -0.2) is 0 Å². The molecule has 1 fully saturated rings. The van der Waals surface area contributed by atoms with Crippen LogP contribution in [0.5, 0.6) is 5.75 Å². The third kappa shape index (κ3) is 3.29. The summed E-state index contributed by atoms with van der Waals surface area (Å²) in [6, 6.07) is 6.04. The molecule has 0 atom stereocenters. The van der Waals surface area contributed by atoms with Gasteiger partial charge in [0.05, 0.1) is 13.3 Å². The van der Waals surface area contributed by atoms with Crippen LogP contribution < -0.4 is 20.8 Å². The fourth-order valence-corrected chi connectivity index (χ4v) is 1.71. The first kappa shape index (κ1) is 13.9. The number of amides is 2. The highest BCUT2D eigenvalue weighted by molar-refractivity contribution is 7.80. The lowest BCUT2D eigenvalue weighted by atomic mass is 10.2. The molecule has 1 saturated heterocycles. The fourth-order valence-electron chi connectivity index (χ4n) is 1.51. The molecular formula is C12H12N4O3S. The molecule has 0 aliphatic carbocycles. The molecule has 8 heteroatoms. The predicted molar refractivity (Wildman–Crippen MR) is 76.4 cm³/mol. The van der Waals surface area contributed by atoms with Gasteiger partial charge in [-0.3, -0.25) is 15.0 Å². The topological polar surface area (TPSA) is 91.8 Å². The van der Waals surface area contributed by atoms with Gasteiger partial charge in [0.2, 0.25) is 6.04 Å². The predicted octanol–water partition coefficient (Wildman–Crippen LogP) is -0.482. The zero-order valence-electron chi connectivity index (χ0n) is 10.5. The van der Waals surface area contributed by atoms with E-state index in [9.17, 15) is 9.59 Å². The summed E-state index contributed by atoms with van der Waals surface area (Å²) in [6.45, 7) is 0. The zero-order valence-corrected chi connectivity index (χ0v) is 11.4. The van der Waals surface area contributed by atoms with Crippen LogP contribution in [0.3, 0.4) is 0 Å². The van der Waals surface area contributed by atoms with Crippen molar-refractivity contribution in [3.63, 3.8) is 0 Å². The Balaban J connectivity index is 1.96. The summed E-state index contributed by atoms with van der Waals surface area (Å²) in [6.07, 6.45) is 1.49. The Morgan fingerprint density at radius 3 is 2.40 bits per heavy atom. The second-order valence-electron chi connectivity index (χ2n) is 3.90. The molecule has 1 aromatic rings. The number of hydrazone groups is 1. The standard InChI is InChI=1S/C12H12N4O3S/c1-19-8-4-2-7(3-5-8)6-13-16-9-10(17)14-12(20)15-11(9)18/h2-6,9,16H,1H3,(H2,14,15,17,18,20)/b13-6+. The van der Waals surface area contributed by atoms with Crippen molar-refractivity contribution in [2.75, 3.05) is 7.11 Å². The Labute approximate surface area is 120 Å². The summed E-state index contributed by atoms with van der Waals surface area (Å²) in [5.74, 6) is -0.342. The van der Waals surface area contributed by atoms with Crippen LogP contribution in [0.1, 0.15) is 5.56 Å². The van der Waals surface area contributed by atoms with Gasteiger partial charge in [0.15, 0.2) is 5.11 Å². The highest BCUT2D eigenvalue weighted by Gasteiger charge is 2.32. The summed E-state index contributed by atoms with van der Waals surface area (Å²) < 4.78 is 5.03. The first-order valence-electron chi connectivity index (χ1n) is 5.68. The van der Waals surface area contributed by atoms with Crippen molar-refractivity contribution in [1.82, 2.24) is 16.1 Å². The van der Waals surface area contributed by atoms with E-state index >= 15 is 0 Å². The Morgan fingerprint density at radius 2 is 1.85 bits per heavy atom. The molecule has 1 aromatic carbocycles. The minimum absolute atomic E-state index is 0.00261. The summed E-state index contributed by atoms with van der Waals surface area (Å²) in [5.41, 5.74) is 3.27. The molecular weight excluding hydrogens is 280 g/mol. The van der Waals surface area contributed by atoms with E-state index in [1.807, 2.05) is 0 Å². The summed E-state index contributed by atoms with van der Waals surface area (Å²) in [7, 11) is 1.58. The van der Waals surface area contributed by atoms with Gasteiger partial charge in [0.25, 0.3) is 11.8 Å². The number of benzene rings is 1. The number of methoxy groups -OCH3 is 1. The van der Waals surface area contributed by atoms with Crippen molar-refractivity contribution < 1.29 is 14.3 Å². The third-order valence-electron chi connectivity index (χ3n) is 2.53. The smallest absolute Gasteiger partial charge is 0.260 e. The van der Waals surface area contributed by atoms with Gasteiger partial charge in [-0.2, -0.15) is 5.10 Å². The Bertz CT molecular complexity index is 551. The van der Waals surface area contributed by atoms with Gasteiger partial charge < -0.3 is 15.4 Å². The molecule has 3 N–H and O–H groups in total. The number of nitrogens with one attached hydrogen (secondary N) is 3. The van der Waals surface area contributed by atoms with Crippen molar-refractivity contribution in [3.8, 4) is 5.75 Å². The minimum atomic E-state index is -1.10. The number of hydrogen-bond acceptors (Lipinski definition) is 6. The van der Waals surface area contributed by atoms with Gasteiger partial charge in [0.1, 0.15) is 5.75 Å². The van der Waals surface area contributed by atoms with E-state index < -0.39 is 17.9 Å². The molecule has 2 amide bonds. The molecule has 1 aliphatic heterocycles. The molecule has 0 saturated carbocycles. The number of carbonyl (C=O) groups excluding carboxylic acids is 2.